The number of methoxy groups -OCH3 is 1. The predicted octanol–water partition coefficient (Wildman–Crippen LogP) is 3.98. The minimum absolute atomic E-state index is 0.131. The lowest BCUT2D eigenvalue weighted by molar-refractivity contribution is -0.532. The fraction of sp³-hybridized carbons (Fsp3) is 0.269. The van der Waals surface area contributed by atoms with Gasteiger partial charge in [-0.3, -0.25) is 20.2 Å². The number of para-hydroxylation sites is 1. The van der Waals surface area contributed by atoms with Crippen LogP contribution in [0.25, 0.3) is 0 Å². The summed E-state index contributed by atoms with van der Waals surface area (Å²) in [5, 5.41) is 18.5. The van der Waals surface area contributed by atoms with Crippen molar-refractivity contribution in [2.45, 2.75) is 37.1 Å². The van der Waals surface area contributed by atoms with Crippen molar-refractivity contribution in [1.82, 2.24) is 5.32 Å². The summed E-state index contributed by atoms with van der Waals surface area (Å²) in [6.45, 7) is 1.97. The van der Waals surface area contributed by atoms with Crippen molar-refractivity contribution >= 4 is 11.6 Å². The maximum atomic E-state index is 13.5. The Morgan fingerprint density at radius 3 is 2.63 bits per heavy atom. The van der Waals surface area contributed by atoms with Gasteiger partial charge in [-0.25, -0.2) is 4.39 Å². The van der Waals surface area contributed by atoms with Gasteiger partial charge in [-0.15, -0.1) is 0 Å². The first-order chi connectivity index (χ1) is 16.8. The number of nitrogens with one attached hydrogen (secondary N) is 2. The summed E-state index contributed by atoms with van der Waals surface area (Å²) in [5.41, 5.74) is 0.970. The van der Waals surface area contributed by atoms with Crippen molar-refractivity contribution < 1.29 is 23.6 Å². The van der Waals surface area contributed by atoms with Crippen molar-refractivity contribution in [1.29, 1.82) is 0 Å². The number of halogens is 1. The monoisotopic (exact) mass is 477 g/mol. The van der Waals surface area contributed by atoms with E-state index in [9.17, 15) is 19.3 Å². The van der Waals surface area contributed by atoms with Gasteiger partial charge in [0.25, 0.3) is 11.9 Å². The smallest absolute Gasteiger partial charge is 0.256 e. The Labute approximate surface area is 201 Å². The molecule has 0 radical (unpaired) electrons. The van der Waals surface area contributed by atoms with Gasteiger partial charge in [0.2, 0.25) is 0 Å². The lowest BCUT2D eigenvalue weighted by Gasteiger charge is -2.25. The molecule has 2 N–H and O–H groups in total. The summed E-state index contributed by atoms with van der Waals surface area (Å²) >= 11 is 0. The molecule has 8 nitrogen and oxygen atoms in total. The van der Waals surface area contributed by atoms with Gasteiger partial charge in [0.05, 0.1) is 13.0 Å². The van der Waals surface area contributed by atoms with Crippen LogP contribution < -0.4 is 20.1 Å². The van der Waals surface area contributed by atoms with Crippen molar-refractivity contribution in [3.05, 3.63) is 99.4 Å². The Morgan fingerprint density at radius 1 is 1.09 bits per heavy atom. The second-order valence-corrected chi connectivity index (χ2v) is 8.83. The van der Waals surface area contributed by atoms with Crippen LogP contribution >= 0.6 is 0 Å². The SMILES string of the molecule is COc1cc([C@@H]2[C@H](C)N[C@@]3(C(=O)Nc4ccccc43)[C@H]2[N+](=O)[O-])ccc1OCc1cccc(F)c1. The molecule has 1 saturated heterocycles. The van der Waals surface area contributed by atoms with Crippen LogP contribution in [0.15, 0.2) is 66.7 Å². The van der Waals surface area contributed by atoms with Crippen molar-refractivity contribution in [2.24, 2.45) is 0 Å². The zero-order valence-electron chi connectivity index (χ0n) is 19.2. The van der Waals surface area contributed by atoms with Gasteiger partial charge in [-0.2, -0.15) is 0 Å². The van der Waals surface area contributed by atoms with Gasteiger partial charge >= 0.3 is 0 Å². The molecule has 1 spiro atoms. The topological polar surface area (TPSA) is 103 Å². The number of anilines is 1. The average Bonchev–Trinajstić information content (AvgIpc) is 3.31. The Balaban J connectivity index is 1.49. The molecular weight excluding hydrogens is 453 g/mol. The first kappa shape index (κ1) is 22.8. The average molecular weight is 477 g/mol. The zero-order chi connectivity index (χ0) is 24.7. The first-order valence-corrected chi connectivity index (χ1v) is 11.2. The standard InChI is InChI=1S/C26H24FN3O5/c1-15-23(24(30(32)33)26(29-15)19-8-3-4-9-20(19)28-25(26)31)17-10-11-21(22(13-17)34-2)35-14-16-6-5-7-18(27)12-16/h3-13,15,23-24,29H,14H2,1-2H3,(H,28,31)/t15-,23-,24-,26+/m0/s1. The van der Waals surface area contributed by atoms with Gasteiger partial charge in [0.1, 0.15) is 12.4 Å². The number of fused-ring (bicyclic) bond motifs is 2. The van der Waals surface area contributed by atoms with Crippen LogP contribution in [-0.4, -0.2) is 30.0 Å². The summed E-state index contributed by atoms with van der Waals surface area (Å²) in [6.07, 6.45) is 0. The van der Waals surface area contributed by atoms with Crippen molar-refractivity contribution in [3.63, 3.8) is 0 Å². The molecule has 2 aliphatic heterocycles. The number of ether oxygens (including phenoxy) is 2. The Kier molecular flexibility index (Phi) is 5.64. The van der Waals surface area contributed by atoms with E-state index in [1.807, 2.05) is 6.92 Å². The van der Waals surface area contributed by atoms with E-state index in [-0.39, 0.29) is 23.4 Å². The highest BCUT2D eigenvalue weighted by atomic mass is 19.1. The Morgan fingerprint density at radius 2 is 1.89 bits per heavy atom. The molecule has 9 heteroatoms. The Bertz CT molecular complexity index is 1320. The normalized spacial score (nSPS) is 24.8. The molecule has 1 amide bonds. The lowest BCUT2D eigenvalue weighted by atomic mass is 9.78. The summed E-state index contributed by atoms with van der Waals surface area (Å²) in [4.78, 5) is 25.2. The molecule has 0 aromatic heterocycles. The number of benzene rings is 3. The highest BCUT2D eigenvalue weighted by Gasteiger charge is 2.67. The van der Waals surface area contributed by atoms with Gasteiger partial charge in [0.15, 0.2) is 17.0 Å². The molecule has 5 rings (SSSR count). The molecule has 35 heavy (non-hydrogen) atoms. The molecule has 2 heterocycles. The van der Waals surface area contributed by atoms with Gasteiger partial charge in [0, 0.05) is 22.2 Å². The molecular formula is C26H24FN3O5. The van der Waals surface area contributed by atoms with Crippen LogP contribution in [0.5, 0.6) is 11.5 Å². The molecule has 3 aromatic carbocycles. The van der Waals surface area contributed by atoms with E-state index in [4.69, 9.17) is 9.47 Å². The van der Waals surface area contributed by atoms with E-state index in [1.165, 1.54) is 19.2 Å². The summed E-state index contributed by atoms with van der Waals surface area (Å²) in [6, 6.07) is 16.7. The number of hydrogen-bond donors (Lipinski definition) is 2. The fourth-order valence-corrected chi connectivity index (χ4v) is 5.35. The van der Waals surface area contributed by atoms with Crippen LogP contribution in [0.4, 0.5) is 10.1 Å². The highest BCUT2D eigenvalue weighted by Crippen LogP contribution is 2.50. The second kappa shape index (κ2) is 8.66. The zero-order valence-corrected chi connectivity index (χ0v) is 19.2. The molecule has 0 unspecified atom stereocenters. The van der Waals surface area contributed by atoms with E-state index in [0.717, 1.165) is 0 Å². The maximum Gasteiger partial charge on any atom is 0.256 e. The lowest BCUT2D eigenvalue weighted by Crippen LogP contribution is -2.54. The largest absolute Gasteiger partial charge is 0.493 e. The minimum Gasteiger partial charge on any atom is -0.493 e. The molecule has 0 aliphatic carbocycles. The Hall–Kier alpha value is -3.98. The minimum atomic E-state index is -1.48. The molecule has 1 fully saturated rings. The number of rotatable bonds is 6. The molecule has 0 bridgehead atoms. The molecule has 0 saturated carbocycles. The van der Waals surface area contributed by atoms with Gasteiger partial charge in [-0.1, -0.05) is 36.4 Å². The van der Waals surface area contributed by atoms with Crippen LogP contribution in [0.3, 0.4) is 0 Å². The number of amides is 1. The summed E-state index contributed by atoms with van der Waals surface area (Å²) in [7, 11) is 1.48. The second-order valence-electron chi connectivity index (χ2n) is 8.83. The molecule has 3 aromatic rings. The van der Waals surface area contributed by atoms with Crippen LogP contribution in [0, 0.1) is 15.9 Å². The number of nitrogens with zero attached hydrogens (tertiary/aromatic N) is 1. The first-order valence-electron chi connectivity index (χ1n) is 11.2. The quantitative estimate of drug-likeness (QED) is 0.411. The summed E-state index contributed by atoms with van der Waals surface area (Å²) in [5.74, 6) is -0.584. The van der Waals surface area contributed by atoms with E-state index >= 15 is 0 Å². The molecule has 180 valence electrons. The predicted molar refractivity (Wildman–Crippen MR) is 127 cm³/mol. The number of hydrogen-bond acceptors (Lipinski definition) is 6. The van der Waals surface area contributed by atoms with E-state index in [2.05, 4.69) is 10.6 Å². The third-order valence-corrected chi connectivity index (χ3v) is 6.82. The van der Waals surface area contributed by atoms with Crippen LogP contribution in [0.1, 0.15) is 29.5 Å². The third kappa shape index (κ3) is 3.68. The number of carbonyl (C=O) groups is 1. The van der Waals surface area contributed by atoms with Crippen molar-refractivity contribution in [3.8, 4) is 11.5 Å². The van der Waals surface area contributed by atoms with Crippen LogP contribution in [-0.2, 0) is 16.9 Å². The number of carbonyl (C=O) groups excluding carboxylic acids is 1. The van der Waals surface area contributed by atoms with Crippen LogP contribution in [0.2, 0.25) is 0 Å². The number of nitro groups is 1. The fourth-order valence-electron chi connectivity index (χ4n) is 5.35. The highest BCUT2D eigenvalue weighted by molar-refractivity contribution is 6.07. The van der Waals surface area contributed by atoms with Gasteiger partial charge in [-0.05, 0) is 48.4 Å². The van der Waals surface area contributed by atoms with Crippen molar-refractivity contribution in [2.75, 3.05) is 12.4 Å². The molecule has 4 atom stereocenters. The van der Waals surface area contributed by atoms with E-state index in [1.54, 1.807) is 54.6 Å². The maximum absolute atomic E-state index is 13.5. The third-order valence-electron chi connectivity index (χ3n) is 6.82. The van der Waals surface area contributed by atoms with Gasteiger partial charge < -0.3 is 14.8 Å². The van der Waals surface area contributed by atoms with E-state index in [0.29, 0.717) is 33.9 Å². The molecule has 2 aliphatic rings. The van der Waals surface area contributed by atoms with E-state index < -0.39 is 23.4 Å². The summed E-state index contributed by atoms with van der Waals surface area (Å²) < 4.78 is 24.8.